The molecule has 0 radical (unpaired) electrons. The SMILES string of the molecule is CON1CCC[C@@H]1C(O)[C@H]1CCCN1C. The van der Waals surface area contributed by atoms with E-state index in [1.54, 1.807) is 7.11 Å². The van der Waals surface area contributed by atoms with E-state index in [1.807, 2.05) is 5.06 Å². The molecule has 88 valence electrons. The van der Waals surface area contributed by atoms with Gasteiger partial charge in [-0.05, 0) is 39.3 Å². The van der Waals surface area contributed by atoms with E-state index < -0.39 is 0 Å². The first-order valence-corrected chi connectivity index (χ1v) is 5.93. The van der Waals surface area contributed by atoms with Gasteiger partial charge in [0.1, 0.15) is 0 Å². The second kappa shape index (κ2) is 4.78. The lowest BCUT2D eigenvalue weighted by molar-refractivity contribution is -0.169. The number of hydroxylamine groups is 2. The van der Waals surface area contributed by atoms with Crippen molar-refractivity contribution in [3.8, 4) is 0 Å². The molecule has 4 heteroatoms. The fraction of sp³-hybridized carbons (Fsp3) is 1.00. The minimum absolute atomic E-state index is 0.195. The molecule has 0 saturated carbocycles. The summed E-state index contributed by atoms with van der Waals surface area (Å²) in [6.07, 6.45) is 4.24. The summed E-state index contributed by atoms with van der Waals surface area (Å²) in [5.41, 5.74) is 0. The average molecular weight is 214 g/mol. The van der Waals surface area contributed by atoms with Gasteiger partial charge in [0.25, 0.3) is 0 Å². The van der Waals surface area contributed by atoms with Crippen molar-refractivity contribution in [2.24, 2.45) is 0 Å². The Morgan fingerprint density at radius 3 is 2.47 bits per heavy atom. The van der Waals surface area contributed by atoms with E-state index in [4.69, 9.17) is 4.84 Å². The summed E-state index contributed by atoms with van der Waals surface area (Å²) in [6.45, 7) is 2.07. The molecule has 2 saturated heterocycles. The van der Waals surface area contributed by atoms with E-state index in [0.717, 1.165) is 32.4 Å². The molecule has 4 nitrogen and oxygen atoms in total. The van der Waals surface area contributed by atoms with Crippen LogP contribution in [0.1, 0.15) is 25.7 Å². The highest BCUT2D eigenvalue weighted by molar-refractivity contribution is 4.92. The average Bonchev–Trinajstić information content (AvgIpc) is 2.84. The van der Waals surface area contributed by atoms with Crippen molar-refractivity contribution in [2.45, 2.75) is 43.9 Å². The van der Waals surface area contributed by atoms with Crippen LogP contribution in [-0.2, 0) is 4.84 Å². The van der Waals surface area contributed by atoms with E-state index in [-0.39, 0.29) is 12.1 Å². The Hall–Kier alpha value is -0.160. The molecule has 2 heterocycles. The van der Waals surface area contributed by atoms with Gasteiger partial charge in [-0.3, -0.25) is 0 Å². The number of likely N-dealkylation sites (N-methyl/N-ethyl adjacent to an activating group) is 1. The highest BCUT2D eigenvalue weighted by Crippen LogP contribution is 2.27. The molecule has 1 N–H and O–H groups in total. The van der Waals surface area contributed by atoms with Crippen LogP contribution in [-0.4, -0.2) is 60.5 Å². The first-order valence-electron chi connectivity index (χ1n) is 5.93. The molecule has 0 spiro atoms. The Labute approximate surface area is 91.8 Å². The third-order valence-electron chi connectivity index (χ3n) is 3.85. The molecule has 0 aromatic heterocycles. The Morgan fingerprint density at radius 2 is 1.87 bits per heavy atom. The lowest BCUT2D eigenvalue weighted by atomic mass is 10.00. The van der Waals surface area contributed by atoms with Gasteiger partial charge in [0.05, 0.1) is 19.3 Å². The predicted octanol–water partition coefficient (Wildman–Crippen LogP) is 0.467. The third-order valence-corrected chi connectivity index (χ3v) is 3.85. The van der Waals surface area contributed by atoms with Gasteiger partial charge in [-0.2, -0.15) is 5.06 Å². The fourth-order valence-corrected chi connectivity index (χ4v) is 2.96. The third kappa shape index (κ3) is 2.18. The van der Waals surface area contributed by atoms with Crippen LogP contribution in [0.2, 0.25) is 0 Å². The molecule has 0 aromatic carbocycles. The van der Waals surface area contributed by atoms with E-state index in [9.17, 15) is 5.11 Å². The van der Waals surface area contributed by atoms with Crippen molar-refractivity contribution in [3.05, 3.63) is 0 Å². The summed E-state index contributed by atoms with van der Waals surface area (Å²) in [5, 5.41) is 12.3. The second-order valence-electron chi connectivity index (χ2n) is 4.71. The van der Waals surface area contributed by atoms with Gasteiger partial charge < -0.3 is 14.8 Å². The molecule has 3 atom stereocenters. The van der Waals surface area contributed by atoms with E-state index >= 15 is 0 Å². The standard InChI is InChI=1S/C11H22N2O2/c1-12-7-3-5-9(12)11(14)10-6-4-8-13(10)15-2/h9-11,14H,3-8H2,1-2H3/t9-,10-,11?/m1/s1. The van der Waals surface area contributed by atoms with Crippen molar-refractivity contribution in [2.75, 3.05) is 27.2 Å². The zero-order valence-corrected chi connectivity index (χ0v) is 9.72. The highest BCUT2D eigenvalue weighted by atomic mass is 16.7. The monoisotopic (exact) mass is 214 g/mol. The van der Waals surface area contributed by atoms with Gasteiger partial charge in [0, 0.05) is 12.6 Å². The minimum atomic E-state index is -0.264. The number of likely N-dealkylation sites (tertiary alicyclic amines) is 1. The molecule has 15 heavy (non-hydrogen) atoms. The first-order chi connectivity index (χ1) is 7.24. The van der Waals surface area contributed by atoms with Gasteiger partial charge in [-0.25, -0.2) is 0 Å². The molecule has 0 amide bonds. The number of hydrogen-bond donors (Lipinski definition) is 1. The van der Waals surface area contributed by atoms with Crippen molar-refractivity contribution in [1.82, 2.24) is 9.96 Å². The lowest BCUT2D eigenvalue weighted by Crippen LogP contribution is -2.48. The Morgan fingerprint density at radius 1 is 1.20 bits per heavy atom. The normalized spacial score (nSPS) is 36.2. The van der Waals surface area contributed by atoms with E-state index in [2.05, 4.69) is 11.9 Å². The van der Waals surface area contributed by atoms with Crippen LogP contribution in [0.25, 0.3) is 0 Å². The maximum Gasteiger partial charge on any atom is 0.0873 e. The maximum atomic E-state index is 10.4. The summed E-state index contributed by atoms with van der Waals surface area (Å²) < 4.78 is 0. The van der Waals surface area contributed by atoms with Gasteiger partial charge >= 0.3 is 0 Å². The second-order valence-corrected chi connectivity index (χ2v) is 4.71. The Kier molecular flexibility index (Phi) is 3.61. The summed E-state index contributed by atoms with van der Waals surface area (Å²) >= 11 is 0. The molecule has 0 aromatic rings. The van der Waals surface area contributed by atoms with Crippen molar-refractivity contribution < 1.29 is 9.94 Å². The summed E-state index contributed by atoms with van der Waals surface area (Å²) in [7, 11) is 3.80. The molecule has 2 fully saturated rings. The first kappa shape index (κ1) is 11.3. The smallest absolute Gasteiger partial charge is 0.0873 e. The van der Waals surface area contributed by atoms with Crippen molar-refractivity contribution in [1.29, 1.82) is 0 Å². The lowest BCUT2D eigenvalue weighted by Gasteiger charge is -2.33. The molecule has 1 unspecified atom stereocenters. The summed E-state index contributed by atoms with van der Waals surface area (Å²) in [4.78, 5) is 7.57. The molecule has 2 aliphatic rings. The molecular weight excluding hydrogens is 192 g/mol. The summed E-state index contributed by atoms with van der Waals surface area (Å²) in [6, 6.07) is 0.520. The van der Waals surface area contributed by atoms with Crippen LogP contribution in [0.4, 0.5) is 0 Å². The van der Waals surface area contributed by atoms with Crippen molar-refractivity contribution in [3.63, 3.8) is 0 Å². The van der Waals surface area contributed by atoms with Crippen molar-refractivity contribution >= 4 is 0 Å². The van der Waals surface area contributed by atoms with Crippen LogP contribution < -0.4 is 0 Å². The highest BCUT2D eigenvalue weighted by Gasteiger charge is 2.38. The zero-order chi connectivity index (χ0) is 10.8. The van der Waals surface area contributed by atoms with Gasteiger partial charge in [-0.1, -0.05) is 0 Å². The van der Waals surface area contributed by atoms with Gasteiger partial charge in [0.2, 0.25) is 0 Å². The molecule has 0 aliphatic carbocycles. The van der Waals surface area contributed by atoms with E-state index in [1.165, 1.54) is 6.42 Å². The van der Waals surface area contributed by atoms with Crippen LogP contribution >= 0.6 is 0 Å². The number of nitrogens with zero attached hydrogens (tertiary/aromatic N) is 2. The quantitative estimate of drug-likeness (QED) is 0.741. The fourth-order valence-electron chi connectivity index (χ4n) is 2.96. The minimum Gasteiger partial charge on any atom is -0.390 e. The number of hydrogen-bond acceptors (Lipinski definition) is 4. The van der Waals surface area contributed by atoms with Crippen LogP contribution in [0.3, 0.4) is 0 Å². The number of aliphatic hydroxyl groups excluding tert-OH is 1. The van der Waals surface area contributed by atoms with Crippen LogP contribution in [0.15, 0.2) is 0 Å². The maximum absolute atomic E-state index is 10.4. The topological polar surface area (TPSA) is 35.9 Å². The largest absolute Gasteiger partial charge is 0.390 e. The zero-order valence-electron chi connectivity index (χ0n) is 9.72. The molecule has 2 rings (SSSR count). The number of aliphatic hydroxyl groups is 1. The summed E-state index contributed by atoms with van der Waals surface area (Å²) in [5.74, 6) is 0. The van der Waals surface area contributed by atoms with Crippen LogP contribution in [0.5, 0.6) is 0 Å². The number of rotatable bonds is 3. The molecular formula is C11H22N2O2. The van der Waals surface area contributed by atoms with E-state index in [0.29, 0.717) is 6.04 Å². The predicted molar refractivity (Wildman–Crippen MR) is 58.4 cm³/mol. The molecule has 0 bridgehead atoms. The van der Waals surface area contributed by atoms with Crippen LogP contribution in [0, 0.1) is 0 Å². The van der Waals surface area contributed by atoms with Gasteiger partial charge in [-0.15, -0.1) is 0 Å². The Bertz CT molecular complexity index is 213. The van der Waals surface area contributed by atoms with Gasteiger partial charge in [0.15, 0.2) is 0 Å². The Balaban J connectivity index is 1.97. The molecule has 2 aliphatic heterocycles.